The van der Waals surface area contributed by atoms with Crippen LogP contribution in [0.4, 0.5) is 28.4 Å². The molecule has 3 aliphatic carbocycles. The maximum Gasteiger partial charge on any atom is 0.0465 e. The highest BCUT2D eigenvalue weighted by atomic mass is 15.2. The maximum atomic E-state index is 2.46. The quantitative estimate of drug-likeness (QED) is 0.151. The lowest BCUT2D eigenvalue weighted by Gasteiger charge is -2.30. The Morgan fingerprint density at radius 1 is 0.355 bits per heavy atom. The van der Waals surface area contributed by atoms with E-state index in [0.29, 0.717) is 0 Å². The van der Waals surface area contributed by atoms with Crippen molar-refractivity contribution in [3.63, 3.8) is 0 Å². The average Bonchev–Trinajstić information content (AvgIpc) is 3.69. The Morgan fingerprint density at radius 3 is 1.34 bits per heavy atom. The van der Waals surface area contributed by atoms with Crippen LogP contribution in [0.2, 0.25) is 0 Å². The number of nitrogens with zero attached hydrogens (tertiary/aromatic N) is 2. The molecule has 0 radical (unpaired) electrons. The van der Waals surface area contributed by atoms with Crippen LogP contribution >= 0.6 is 0 Å². The Morgan fingerprint density at radius 2 is 0.806 bits per heavy atom. The van der Waals surface area contributed by atoms with Crippen LogP contribution in [-0.2, 0) is 10.8 Å². The number of hydrogen-bond acceptors (Lipinski definition) is 2. The van der Waals surface area contributed by atoms with Crippen LogP contribution in [0.5, 0.6) is 0 Å². The molecule has 0 aliphatic heterocycles. The molecule has 0 saturated carbocycles. The molecule has 8 aromatic carbocycles. The molecule has 0 saturated heterocycles. The minimum absolute atomic E-state index is 0.0575. The molecule has 8 aromatic rings. The van der Waals surface area contributed by atoms with Crippen molar-refractivity contribution in [3.05, 3.63) is 234 Å². The molecule has 0 amide bonds. The summed E-state index contributed by atoms with van der Waals surface area (Å²) in [6.07, 6.45) is 8.80. The van der Waals surface area contributed by atoms with Gasteiger partial charge in [0.25, 0.3) is 0 Å². The minimum atomic E-state index is -0.0728. The average molecular weight is 799 g/mol. The third-order valence-corrected chi connectivity index (χ3v) is 13.7. The number of fused-ring (bicyclic) bond motifs is 6. The van der Waals surface area contributed by atoms with Gasteiger partial charge in [0.15, 0.2) is 0 Å². The molecule has 62 heavy (non-hydrogen) atoms. The largest absolute Gasteiger partial charge is 0.314 e. The van der Waals surface area contributed by atoms with E-state index < -0.39 is 0 Å². The number of benzene rings is 8. The summed E-state index contributed by atoms with van der Waals surface area (Å²) in [5.41, 5.74) is 22.7. The monoisotopic (exact) mass is 798 g/mol. The van der Waals surface area contributed by atoms with Crippen molar-refractivity contribution in [1.29, 1.82) is 0 Å². The number of para-hydroxylation sites is 1. The fourth-order valence-corrected chi connectivity index (χ4v) is 10.4. The Kier molecular flexibility index (Phi) is 9.02. The molecular formula is C60H50N2. The molecule has 11 rings (SSSR count). The number of anilines is 5. The van der Waals surface area contributed by atoms with Crippen LogP contribution in [-0.4, -0.2) is 0 Å². The standard InChI is InChI=1S/C60H50N2/c1-59(2)55-24-13-11-22-51(55)53-36-34-49(39-57(53)59)61(45-18-7-5-8-19-45)47-30-26-41(27-31-47)43-16-15-17-44(38-43)42-28-32-48(33-29-42)62(46-20-9-6-10-21-46)50-35-37-54-52-23-12-14-25-56(52)60(3,4)58(54)40-50/h5-9,11-20,22-40H,10,21H2,1-4H3. The van der Waals surface area contributed by atoms with Gasteiger partial charge in [0.2, 0.25) is 0 Å². The molecule has 0 N–H and O–H groups in total. The molecular weight excluding hydrogens is 749 g/mol. The van der Waals surface area contributed by atoms with Crippen LogP contribution in [0.3, 0.4) is 0 Å². The van der Waals surface area contributed by atoms with Gasteiger partial charge in [-0.15, -0.1) is 0 Å². The summed E-state index contributed by atoms with van der Waals surface area (Å²) >= 11 is 0. The SMILES string of the molecule is CC1(C)c2ccccc2-c2ccc(N(C3=CC=CCC3)c3ccc(-c4cccc(-c5ccc(N(c6ccccc6)c6ccc7c(c6)C(C)(C)c6ccccc6-7)cc5)c4)cc3)cc21. The highest BCUT2D eigenvalue weighted by molar-refractivity contribution is 5.87. The zero-order valence-corrected chi connectivity index (χ0v) is 35.9. The summed E-state index contributed by atoms with van der Waals surface area (Å²) in [5.74, 6) is 0. The van der Waals surface area contributed by atoms with Gasteiger partial charge in [-0.25, -0.2) is 0 Å². The van der Waals surface area contributed by atoms with Gasteiger partial charge < -0.3 is 9.80 Å². The first kappa shape index (κ1) is 37.8. The minimum Gasteiger partial charge on any atom is -0.314 e. The molecule has 0 spiro atoms. The molecule has 2 heteroatoms. The van der Waals surface area contributed by atoms with Gasteiger partial charge in [-0.05, 0) is 152 Å². The predicted molar refractivity (Wildman–Crippen MR) is 262 cm³/mol. The van der Waals surface area contributed by atoms with Crippen LogP contribution in [0, 0.1) is 0 Å². The summed E-state index contributed by atoms with van der Waals surface area (Å²) in [6.45, 7) is 9.42. The van der Waals surface area contributed by atoms with E-state index >= 15 is 0 Å². The predicted octanol–water partition coefficient (Wildman–Crippen LogP) is 16.5. The third-order valence-electron chi connectivity index (χ3n) is 13.7. The van der Waals surface area contributed by atoms with E-state index in [2.05, 4.69) is 244 Å². The van der Waals surface area contributed by atoms with Crippen molar-refractivity contribution < 1.29 is 0 Å². The molecule has 2 nitrogen and oxygen atoms in total. The van der Waals surface area contributed by atoms with Crippen LogP contribution in [0.15, 0.2) is 212 Å². The summed E-state index contributed by atoms with van der Waals surface area (Å²) in [5, 5.41) is 0. The van der Waals surface area contributed by atoms with Crippen LogP contribution in [0.1, 0.15) is 62.8 Å². The Hall–Kier alpha value is -7.16. The van der Waals surface area contributed by atoms with E-state index in [0.717, 1.165) is 29.9 Å². The van der Waals surface area contributed by atoms with Crippen molar-refractivity contribution in [2.75, 3.05) is 9.80 Å². The van der Waals surface area contributed by atoms with E-state index in [9.17, 15) is 0 Å². The molecule has 0 bridgehead atoms. The summed E-state index contributed by atoms with van der Waals surface area (Å²) in [7, 11) is 0. The van der Waals surface area contributed by atoms with Crippen molar-refractivity contribution in [3.8, 4) is 44.5 Å². The number of hydrogen-bond donors (Lipinski definition) is 0. The first-order valence-corrected chi connectivity index (χ1v) is 22.1. The smallest absolute Gasteiger partial charge is 0.0465 e. The normalized spacial score (nSPS) is 14.9. The Balaban J connectivity index is 0.893. The Bertz CT molecular complexity index is 3060. The van der Waals surface area contributed by atoms with Gasteiger partial charge in [-0.2, -0.15) is 0 Å². The van der Waals surface area contributed by atoms with Crippen molar-refractivity contribution in [2.24, 2.45) is 0 Å². The third kappa shape index (κ3) is 6.24. The summed E-state index contributed by atoms with van der Waals surface area (Å²) < 4.78 is 0. The van der Waals surface area contributed by atoms with Gasteiger partial charge in [0, 0.05) is 45.0 Å². The van der Waals surface area contributed by atoms with Gasteiger partial charge in [-0.3, -0.25) is 0 Å². The van der Waals surface area contributed by atoms with Crippen molar-refractivity contribution in [1.82, 2.24) is 0 Å². The van der Waals surface area contributed by atoms with E-state index in [1.54, 1.807) is 0 Å². The van der Waals surface area contributed by atoms with Crippen LogP contribution in [0.25, 0.3) is 44.5 Å². The zero-order chi connectivity index (χ0) is 42.0. The van der Waals surface area contributed by atoms with E-state index in [-0.39, 0.29) is 10.8 Å². The molecule has 300 valence electrons. The maximum absolute atomic E-state index is 2.46. The second-order valence-corrected chi connectivity index (χ2v) is 18.1. The Labute approximate surface area is 366 Å². The lowest BCUT2D eigenvalue weighted by atomic mass is 9.82. The summed E-state index contributed by atoms with van der Waals surface area (Å²) in [4.78, 5) is 4.85. The topological polar surface area (TPSA) is 6.48 Å². The molecule has 3 aliphatic rings. The van der Waals surface area contributed by atoms with E-state index in [4.69, 9.17) is 0 Å². The van der Waals surface area contributed by atoms with Crippen molar-refractivity contribution >= 4 is 28.4 Å². The second kappa shape index (κ2) is 14.8. The molecule has 0 unspecified atom stereocenters. The second-order valence-electron chi connectivity index (χ2n) is 18.1. The van der Waals surface area contributed by atoms with Gasteiger partial charge in [0.1, 0.15) is 0 Å². The lowest BCUT2D eigenvalue weighted by Crippen LogP contribution is -2.19. The molecule has 0 atom stereocenters. The molecule has 0 aromatic heterocycles. The highest BCUT2D eigenvalue weighted by Gasteiger charge is 2.37. The first-order valence-electron chi connectivity index (χ1n) is 22.1. The number of allylic oxidation sites excluding steroid dienone is 4. The fraction of sp³-hybridized carbons (Fsp3) is 0.133. The zero-order valence-electron chi connectivity index (χ0n) is 35.9. The van der Waals surface area contributed by atoms with Gasteiger partial charge in [-0.1, -0.05) is 161 Å². The van der Waals surface area contributed by atoms with Crippen LogP contribution < -0.4 is 9.80 Å². The van der Waals surface area contributed by atoms with E-state index in [1.165, 1.54) is 83.8 Å². The molecule has 0 heterocycles. The number of rotatable bonds is 8. The highest BCUT2D eigenvalue weighted by Crippen LogP contribution is 2.52. The van der Waals surface area contributed by atoms with Gasteiger partial charge >= 0.3 is 0 Å². The first-order chi connectivity index (χ1) is 30.3. The van der Waals surface area contributed by atoms with Crippen molar-refractivity contribution in [2.45, 2.75) is 51.4 Å². The molecule has 0 fully saturated rings. The summed E-state index contributed by atoms with van der Waals surface area (Å²) in [6, 6.07) is 69.7. The lowest BCUT2D eigenvalue weighted by molar-refractivity contribution is 0.660. The van der Waals surface area contributed by atoms with Gasteiger partial charge in [0.05, 0.1) is 0 Å². The van der Waals surface area contributed by atoms with E-state index in [1.807, 2.05) is 0 Å². The fourth-order valence-electron chi connectivity index (χ4n) is 10.4.